The fourth-order valence-corrected chi connectivity index (χ4v) is 2.06. The largest absolute Gasteiger partial charge is 0.505 e. The topological polar surface area (TPSA) is 49.8 Å². The molecule has 104 valence electrons. The number of fused-ring (bicyclic) bond motifs is 1. The van der Waals surface area contributed by atoms with Crippen LogP contribution in [0.5, 0.6) is 5.75 Å². The third-order valence-electron chi connectivity index (χ3n) is 2.97. The summed E-state index contributed by atoms with van der Waals surface area (Å²) >= 11 is 0. The Hall–Kier alpha value is -1.78. The molecule has 0 unspecified atom stereocenters. The van der Waals surface area contributed by atoms with Crippen LogP contribution in [0.4, 0.5) is 9.18 Å². The smallest absolute Gasteiger partial charge is 0.410 e. The lowest BCUT2D eigenvalue weighted by Gasteiger charge is -2.31. The first kappa shape index (κ1) is 13.6. The zero-order valence-corrected chi connectivity index (χ0v) is 11.4. The van der Waals surface area contributed by atoms with E-state index in [1.165, 1.54) is 11.0 Å². The molecule has 0 radical (unpaired) electrons. The molecule has 1 aromatic rings. The summed E-state index contributed by atoms with van der Waals surface area (Å²) in [5.74, 6) is -1.03. The van der Waals surface area contributed by atoms with E-state index in [4.69, 9.17) is 4.74 Å². The molecule has 0 bridgehead atoms. The summed E-state index contributed by atoms with van der Waals surface area (Å²) in [4.78, 5) is 13.4. The monoisotopic (exact) mass is 267 g/mol. The van der Waals surface area contributed by atoms with Crippen molar-refractivity contribution in [3.05, 3.63) is 29.1 Å². The molecule has 0 fully saturated rings. The van der Waals surface area contributed by atoms with E-state index < -0.39 is 17.5 Å². The number of carbonyl (C=O) groups excluding carboxylic acids is 1. The number of rotatable bonds is 0. The molecule has 1 amide bonds. The highest BCUT2D eigenvalue weighted by Crippen LogP contribution is 2.28. The first-order valence-electron chi connectivity index (χ1n) is 6.25. The summed E-state index contributed by atoms with van der Waals surface area (Å²) in [5, 5.41) is 9.38. The number of hydrogen-bond donors (Lipinski definition) is 1. The molecule has 0 atom stereocenters. The minimum absolute atomic E-state index is 0.129. The van der Waals surface area contributed by atoms with Gasteiger partial charge in [0.05, 0.1) is 6.54 Å². The van der Waals surface area contributed by atoms with Crippen molar-refractivity contribution >= 4 is 6.09 Å². The molecule has 0 aromatic heterocycles. The van der Waals surface area contributed by atoms with Crippen LogP contribution in [0.25, 0.3) is 0 Å². The number of phenols is 1. The summed E-state index contributed by atoms with van der Waals surface area (Å²) in [5.41, 5.74) is 0.626. The van der Waals surface area contributed by atoms with Crippen LogP contribution >= 0.6 is 0 Å². The van der Waals surface area contributed by atoms with Crippen molar-refractivity contribution < 1.29 is 19.0 Å². The van der Waals surface area contributed by atoms with Crippen LogP contribution in [0, 0.1) is 5.82 Å². The van der Waals surface area contributed by atoms with Gasteiger partial charge in [0.2, 0.25) is 0 Å². The normalized spacial score (nSPS) is 15.1. The first-order chi connectivity index (χ1) is 8.78. The Bertz CT molecular complexity index is 508. The quantitative estimate of drug-likeness (QED) is 0.786. The molecule has 1 heterocycles. The van der Waals surface area contributed by atoms with E-state index in [1.54, 1.807) is 26.8 Å². The number of benzene rings is 1. The standard InChI is InChI=1S/C14H18FNO3/c1-14(2,3)19-13(18)16-7-6-9-4-5-11(17)12(15)10(9)8-16/h4-5,17H,6-8H2,1-3H3. The molecule has 0 saturated carbocycles. The van der Waals surface area contributed by atoms with Crippen molar-refractivity contribution in [3.63, 3.8) is 0 Å². The van der Waals surface area contributed by atoms with Gasteiger partial charge in [-0.05, 0) is 38.8 Å². The van der Waals surface area contributed by atoms with E-state index in [0.717, 1.165) is 5.56 Å². The highest BCUT2D eigenvalue weighted by atomic mass is 19.1. The van der Waals surface area contributed by atoms with Crippen molar-refractivity contribution in [1.29, 1.82) is 0 Å². The molecule has 5 heteroatoms. The first-order valence-corrected chi connectivity index (χ1v) is 6.25. The molecule has 1 N–H and O–H groups in total. The van der Waals surface area contributed by atoms with E-state index >= 15 is 0 Å². The average molecular weight is 267 g/mol. The van der Waals surface area contributed by atoms with Crippen LogP contribution in [0.3, 0.4) is 0 Å². The average Bonchev–Trinajstić information content (AvgIpc) is 2.31. The van der Waals surface area contributed by atoms with Gasteiger partial charge in [0, 0.05) is 12.1 Å². The van der Waals surface area contributed by atoms with Gasteiger partial charge in [-0.25, -0.2) is 9.18 Å². The molecule has 1 aromatic carbocycles. The Labute approximate surface area is 111 Å². The number of carbonyl (C=O) groups is 1. The van der Waals surface area contributed by atoms with Gasteiger partial charge in [0.15, 0.2) is 11.6 Å². The van der Waals surface area contributed by atoms with Gasteiger partial charge in [-0.3, -0.25) is 0 Å². The predicted molar refractivity (Wildman–Crippen MR) is 68.4 cm³/mol. The molecular formula is C14H18FNO3. The predicted octanol–water partition coefficient (Wildman–Crippen LogP) is 2.82. The van der Waals surface area contributed by atoms with Crippen LogP contribution < -0.4 is 0 Å². The number of phenolic OH excluding ortho intramolecular Hbond substituents is 1. The molecule has 1 aliphatic heterocycles. The van der Waals surface area contributed by atoms with E-state index in [9.17, 15) is 14.3 Å². The second-order valence-corrected chi connectivity index (χ2v) is 5.69. The summed E-state index contributed by atoms with van der Waals surface area (Å²) < 4.78 is 19.1. The Morgan fingerprint density at radius 1 is 1.42 bits per heavy atom. The molecule has 4 nitrogen and oxygen atoms in total. The van der Waals surface area contributed by atoms with Crippen LogP contribution in [0.15, 0.2) is 12.1 Å². The van der Waals surface area contributed by atoms with Crippen LogP contribution in [-0.2, 0) is 17.7 Å². The molecule has 2 rings (SSSR count). The van der Waals surface area contributed by atoms with Crippen LogP contribution in [-0.4, -0.2) is 28.2 Å². The lowest BCUT2D eigenvalue weighted by molar-refractivity contribution is 0.0221. The molecular weight excluding hydrogens is 249 g/mol. The molecule has 0 saturated heterocycles. The Morgan fingerprint density at radius 3 is 2.74 bits per heavy atom. The van der Waals surface area contributed by atoms with Gasteiger partial charge in [-0.15, -0.1) is 0 Å². The van der Waals surface area contributed by atoms with Crippen molar-refractivity contribution in [2.75, 3.05) is 6.54 Å². The van der Waals surface area contributed by atoms with Crippen molar-refractivity contribution in [2.24, 2.45) is 0 Å². The Balaban J connectivity index is 2.18. The fourth-order valence-electron chi connectivity index (χ4n) is 2.06. The van der Waals surface area contributed by atoms with Gasteiger partial charge in [-0.2, -0.15) is 0 Å². The Morgan fingerprint density at radius 2 is 2.11 bits per heavy atom. The van der Waals surface area contributed by atoms with Gasteiger partial charge in [0.25, 0.3) is 0 Å². The number of amides is 1. The third-order valence-corrected chi connectivity index (χ3v) is 2.97. The zero-order chi connectivity index (χ0) is 14.2. The fraction of sp³-hybridized carbons (Fsp3) is 0.500. The van der Waals surface area contributed by atoms with Gasteiger partial charge in [-0.1, -0.05) is 6.07 Å². The molecule has 19 heavy (non-hydrogen) atoms. The number of hydrogen-bond acceptors (Lipinski definition) is 3. The maximum Gasteiger partial charge on any atom is 0.410 e. The molecule has 0 aliphatic carbocycles. The lowest BCUT2D eigenvalue weighted by Crippen LogP contribution is -2.40. The van der Waals surface area contributed by atoms with Gasteiger partial charge < -0.3 is 14.7 Å². The summed E-state index contributed by atoms with van der Waals surface area (Å²) in [6.07, 6.45) is 0.104. The molecule has 1 aliphatic rings. The molecule has 0 spiro atoms. The zero-order valence-electron chi connectivity index (χ0n) is 11.4. The third kappa shape index (κ3) is 2.97. The summed E-state index contributed by atoms with van der Waals surface area (Å²) in [6.45, 7) is 5.98. The second-order valence-electron chi connectivity index (χ2n) is 5.69. The van der Waals surface area contributed by atoms with Gasteiger partial charge in [0.1, 0.15) is 5.60 Å². The highest BCUT2D eigenvalue weighted by Gasteiger charge is 2.27. The van der Waals surface area contributed by atoms with E-state index in [0.29, 0.717) is 18.5 Å². The number of nitrogens with zero attached hydrogens (tertiary/aromatic N) is 1. The highest BCUT2D eigenvalue weighted by molar-refractivity contribution is 5.68. The maximum atomic E-state index is 13.8. The van der Waals surface area contributed by atoms with Crippen molar-refractivity contribution in [2.45, 2.75) is 39.3 Å². The second kappa shape index (κ2) is 4.72. The maximum absolute atomic E-state index is 13.8. The van der Waals surface area contributed by atoms with E-state index in [2.05, 4.69) is 0 Å². The number of aromatic hydroxyl groups is 1. The van der Waals surface area contributed by atoms with Crippen molar-refractivity contribution in [3.8, 4) is 5.75 Å². The van der Waals surface area contributed by atoms with Crippen LogP contribution in [0.1, 0.15) is 31.9 Å². The van der Waals surface area contributed by atoms with E-state index in [1.807, 2.05) is 0 Å². The summed E-state index contributed by atoms with van der Waals surface area (Å²) in [6, 6.07) is 3.04. The summed E-state index contributed by atoms with van der Waals surface area (Å²) in [7, 11) is 0. The number of ether oxygens (including phenoxy) is 1. The van der Waals surface area contributed by atoms with Crippen molar-refractivity contribution in [1.82, 2.24) is 4.90 Å². The Kier molecular flexibility index (Phi) is 3.39. The number of halogens is 1. The SMILES string of the molecule is CC(C)(C)OC(=O)N1CCc2ccc(O)c(F)c2C1. The lowest BCUT2D eigenvalue weighted by atomic mass is 9.99. The minimum Gasteiger partial charge on any atom is -0.505 e. The van der Waals surface area contributed by atoms with Crippen LogP contribution in [0.2, 0.25) is 0 Å². The van der Waals surface area contributed by atoms with Gasteiger partial charge >= 0.3 is 6.09 Å². The minimum atomic E-state index is -0.647. The van der Waals surface area contributed by atoms with E-state index in [-0.39, 0.29) is 12.3 Å².